The molecule has 2 heterocycles. The first kappa shape index (κ1) is 25.8. The molecule has 0 saturated carbocycles. The van der Waals surface area contributed by atoms with Gasteiger partial charge >= 0.3 is 0 Å². The summed E-state index contributed by atoms with van der Waals surface area (Å²) in [7, 11) is -2.01. The second kappa shape index (κ2) is 10.7. The molecule has 7 nitrogen and oxygen atoms in total. The van der Waals surface area contributed by atoms with E-state index in [0.29, 0.717) is 30.4 Å². The number of aromatic nitrogens is 1. The number of hydrogen-bond donors (Lipinski definition) is 0. The third kappa shape index (κ3) is 5.43. The van der Waals surface area contributed by atoms with Crippen molar-refractivity contribution < 1.29 is 17.9 Å². The molecule has 0 spiro atoms. The Balaban J connectivity index is 1.65. The van der Waals surface area contributed by atoms with Crippen LogP contribution in [0.2, 0.25) is 0 Å². The zero-order chi connectivity index (χ0) is 25.2. The van der Waals surface area contributed by atoms with E-state index in [1.165, 1.54) is 27.8 Å². The highest BCUT2D eigenvalue weighted by molar-refractivity contribution is 7.89. The number of carbonyl (C=O) groups excluding carboxylic acids is 1. The Bertz CT molecular complexity index is 1260. The van der Waals surface area contributed by atoms with Gasteiger partial charge in [0.05, 0.1) is 27.8 Å². The summed E-state index contributed by atoms with van der Waals surface area (Å²) in [5, 5.41) is 0.633. The summed E-state index contributed by atoms with van der Waals surface area (Å²) in [6, 6.07) is 10.3. The van der Waals surface area contributed by atoms with Crippen LogP contribution in [0.1, 0.15) is 54.1 Å². The van der Waals surface area contributed by atoms with Crippen molar-refractivity contribution in [2.45, 2.75) is 57.5 Å². The van der Waals surface area contributed by atoms with Gasteiger partial charge in [-0.05, 0) is 68.5 Å². The summed E-state index contributed by atoms with van der Waals surface area (Å²) < 4.78 is 34.0. The number of anilines is 1. The van der Waals surface area contributed by atoms with Gasteiger partial charge in [-0.3, -0.25) is 9.69 Å². The van der Waals surface area contributed by atoms with E-state index in [2.05, 4.69) is 6.07 Å². The van der Waals surface area contributed by atoms with Crippen LogP contribution in [-0.4, -0.2) is 56.5 Å². The number of unbranched alkanes of at least 4 members (excludes halogenated alkanes) is 1. The SMILES string of the molecule is CCCCN(C)S(=O)(=O)c1ccc(C(=O)N(CC2CCCO2)c2nc3c(C)ccc(C)c3s2)cc1. The Hall–Kier alpha value is -2.33. The molecule has 1 saturated heterocycles. The molecule has 1 amide bonds. The normalized spacial score (nSPS) is 16.3. The summed E-state index contributed by atoms with van der Waals surface area (Å²) in [6.07, 6.45) is 3.54. The summed E-state index contributed by atoms with van der Waals surface area (Å²) in [6.45, 7) is 7.67. The molecule has 1 fully saturated rings. The van der Waals surface area contributed by atoms with Gasteiger partial charge in [-0.2, -0.15) is 0 Å². The van der Waals surface area contributed by atoms with Gasteiger partial charge in [0.2, 0.25) is 10.0 Å². The van der Waals surface area contributed by atoms with Crippen LogP contribution in [0.25, 0.3) is 10.2 Å². The average Bonchev–Trinajstić information content (AvgIpc) is 3.53. The molecular weight excluding hydrogens is 482 g/mol. The topological polar surface area (TPSA) is 79.8 Å². The minimum Gasteiger partial charge on any atom is -0.376 e. The number of aryl methyl sites for hydroxylation is 2. The molecule has 1 atom stereocenters. The molecule has 0 aliphatic carbocycles. The molecule has 1 aromatic heterocycles. The molecule has 9 heteroatoms. The number of benzene rings is 2. The Labute approximate surface area is 211 Å². The predicted molar refractivity (Wildman–Crippen MR) is 141 cm³/mol. The highest BCUT2D eigenvalue weighted by Gasteiger charge is 2.28. The van der Waals surface area contributed by atoms with Crippen molar-refractivity contribution in [1.29, 1.82) is 0 Å². The molecular formula is C26H33N3O4S2. The van der Waals surface area contributed by atoms with Crippen LogP contribution in [0.15, 0.2) is 41.3 Å². The van der Waals surface area contributed by atoms with Crippen molar-refractivity contribution in [2.75, 3.05) is 31.6 Å². The van der Waals surface area contributed by atoms with Crippen molar-refractivity contribution in [2.24, 2.45) is 0 Å². The number of sulfonamides is 1. The molecule has 0 N–H and O–H groups in total. The first-order valence-corrected chi connectivity index (χ1v) is 14.3. The molecule has 188 valence electrons. The molecule has 3 aromatic rings. The number of rotatable bonds is 9. The minimum absolute atomic E-state index is 0.0416. The van der Waals surface area contributed by atoms with Crippen LogP contribution in [0.5, 0.6) is 0 Å². The monoisotopic (exact) mass is 515 g/mol. The highest BCUT2D eigenvalue weighted by Crippen LogP contribution is 2.34. The van der Waals surface area contributed by atoms with E-state index >= 15 is 0 Å². The maximum Gasteiger partial charge on any atom is 0.260 e. The minimum atomic E-state index is -3.59. The van der Waals surface area contributed by atoms with Crippen LogP contribution in [0, 0.1) is 13.8 Å². The van der Waals surface area contributed by atoms with Crippen molar-refractivity contribution in [3.63, 3.8) is 0 Å². The quantitative estimate of drug-likeness (QED) is 0.393. The van der Waals surface area contributed by atoms with Crippen LogP contribution < -0.4 is 4.90 Å². The van der Waals surface area contributed by atoms with Crippen LogP contribution in [0.4, 0.5) is 5.13 Å². The maximum atomic E-state index is 13.7. The number of fused-ring (bicyclic) bond motifs is 1. The zero-order valence-electron chi connectivity index (χ0n) is 20.8. The number of ether oxygens (including phenoxy) is 1. The number of nitrogens with zero attached hydrogens (tertiary/aromatic N) is 3. The van der Waals surface area contributed by atoms with Gasteiger partial charge in [-0.1, -0.05) is 36.8 Å². The lowest BCUT2D eigenvalue weighted by Gasteiger charge is -2.23. The molecule has 2 aromatic carbocycles. The zero-order valence-corrected chi connectivity index (χ0v) is 22.4. The number of thiazole rings is 1. The van der Waals surface area contributed by atoms with Gasteiger partial charge in [0.25, 0.3) is 5.91 Å². The number of carbonyl (C=O) groups is 1. The van der Waals surface area contributed by atoms with Crippen LogP contribution in [-0.2, 0) is 14.8 Å². The van der Waals surface area contributed by atoms with Crippen molar-refractivity contribution in [1.82, 2.24) is 9.29 Å². The third-order valence-corrected chi connectivity index (χ3v) is 9.54. The molecule has 0 radical (unpaired) electrons. The summed E-state index contributed by atoms with van der Waals surface area (Å²) >= 11 is 1.51. The van der Waals surface area contributed by atoms with E-state index in [4.69, 9.17) is 9.72 Å². The Morgan fingerprint density at radius 2 is 1.86 bits per heavy atom. The smallest absolute Gasteiger partial charge is 0.260 e. The summed E-state index contributed by atoms with van der Waals surface area (Å²) in [5.41, 5.74) is 3.53. The number of amides is 1. The van der Waals surface area contributed by atoms with E-state index < -0.39 is 10.0 Å². The van der Waals surface area contributed by atoms with Crippen molar-refractivity contribution in [3.8, 4) is 0 Å². The lowest BCUT2D eigenvalue weighted by molar-refractivity contribution is 0.0917. The largest absolute Gasteiger partial charge is 0.376 e. The lowest BCUT2D eigenvalue weighted by atomic mass is 10.1. The predicted octanol–water partition coefficient (Wildman–Crippen LogP) is 5.16. The van der Waals surface area contributed by atoms with Crippen molar-refractivity contribution >= 4 is 42.6 Å². The summed E-state index contributed by atoms with van der Waals surface area (Å²) in [5.74, 6) is -0.210. The molecule has 4 rings (SSSR count). The van der Waals surface area contributed by atoms with E-state index in [1.54, 1.807) is 24.1 Å². The van der Waals surface area contributed by atoms with Crippen LogP contribution in [0.3, 0.4) is 0 Å². The highest BCUT2D eigenvalue weighted by atomic mass is 32.2. The number of hydrogen-bond acceptors (Lipinski definition) is 6. The maximum absolute atomic E-state index is 13.7. The van der Waals surface area contributed by atoms with Gasteiger partial charge in [0, 0.05) is 25.8 Å². The fourth-order valence-electron chi connectivity index (χ4n) is 4.21. The van der Waals surface area contributed by atoms with E-state index in [9.17, 15) is 13.2 Å². The fraction of sp³-hybridized carbons (Fsp3) is 0.462. The molecule has 0 bridgehead atoms. The van der Waals surface area contributed by atoms with E-state index in [1.807, 2.05) is 26.8 Å². The third-order valence-electron chi connectivity index (χ3n) is 6.45. The Morgan fingerprint density at radius 3 is 2.49 bits per heavy atom. The lowest BCUT2D eigenvalue weighted by Crippen LogP contribution is -2.37. The molecule has 1 aliphatic heterocycles. The average molecular weight is 516 g/mol. The standard InChI is InChI=1S/C26H33N3O4S2/c1-5-6-15-28(4)35(31,32)22-13-11-20(12-14-22)25(30)29(17-21-8-7-16-33-21)26-27-23-18(2)9-10-19(3)24(23)34-26/h9-14,21H,5-8,15-17H2,1-4H3. The van der Waals surface area contributed by atoms with Crippen LogP contribution >= 0.6 is 11.3 Å². The Kier molecular flexibility index (Phi) is 7.90. The van der Waals surface area contributed by atoms with Crippen molar-refractivity contribution in [3.05, 3.63) is 53.1 Å². The second-order valence-electron chi connectivity index (χ2n) is 9.13. The van der Waals surface area contributed by atoms with Gasteiger partial charge in [-0.15, -0.1) is 0 Å². The van der Waals surface area contributed by atoms with Gasteiger partial charge in [0.15, 0.2) is 5.13 Å². The van der Waals surface area contributed by atoms with E-state index in [0.717, 1.165) is 47.0 Å². The van der Waals surface area contributed by atoms with Gasteiger partial charge in [-0.25, -0.2) is 17.7 Å². The first-order chi connectivity index (χ1) is 16.7. The molecule has 35 heavy (non-hydrogen) atoms. The fourth-order valence-corrected chi connectivity index (χ4v) is 6.54. The molecule has 1 aliphatic rings. The van der Waals surface area contributed by atoms with E-state index in [-0.39, 0.29) is 16.9 Å². The molecule has 1 unspecified atom stereocenters. The van der Waals surface area contributed by atoms with Gasteiger partial charge in [0.1, 0.15) is 0 Å². The first-order valence-electron chi connectivity index (χ1n) is 12.1. The second-order valence-corrected chi connectivity index (χ2v) is 12.2. The van der Waals surface area contributed by atoms with Gasteiger partial charge < -0.3 is 4.74 Å². The Morgan fingerprint density at radius 1 is 1.14 bits per heavy atom. The summed E-state index contributed by atoms with van der Waals surface area (Å²) in [4.78, 5) is 20.4.